The first-order chi connectivity index (χ1) is 10.8. The average molecular weight is 296 g/mol. The van der Waals surface area contributed by atoms with Crippen molar-refractivity contribution >= 4 is 17.7 Å². The Hall–Kier alpha value is -2.49. The van der Waals surface area contributed by atoms with Crippen LogP contribution in [0.4, 0.5) is 11.4 Å². The molecule has 0 N–H and O–H groups in total. The Morgan fingerprint density at radius 3 is 2.36 bits per heavy atom. The second-order valence-corrected chi connectivity index (χ2v) is 5.02. The molecule has 22 heavy (non-hydrogen) atoms. The second-order valence-electron chi connectivity index (χ2n) is 5.02. The Balaban J connectivity index is 1.79. The van der Waals surface area contributed by atoms with Gasteiger partial charge >= 0.3 is 0 Å². The van der Waals surface area contributed by atoms with Gasteiger partial charge in [-0.2, -0.15) is 0 Å². The lowest BCUT2D eigenvalue weighted by molar-refractivity contribution is 0.340. The molecule has 0 atom stereocenters. The Labute approximate surface area is 131 Å². The molecule has 0 aliphatic carbocycles. The number of rotatable bonds is 5. The van der Waals surface area contributed by atoms with Crippen molar-refractivity contribution in [3.05, 3.63) is 48.0 Å². The zero-order chi connectivity index (χ0) is 15.4. The standard InChI is InChI=1S/C18H20N2O2/c1-3-21-16-7-5-15(6-8-16)20-12-14-11-17(22-4-2)9-10-18(14)19-13-20/h5-11,13H,3-4,12H2,1-2H3. The predicted octanol–water partition coefficient (Wildman–Crippen LogP) is 4.16. The van der Waals surface area contributed by atoms with Crippen LogP contribution in [0.1, 0.15) is 19.4 Å². The van der Waals surface area contributed by atoms with Gasteiger partial charge in [0.05, 0.1) is 31.8 Å². The highest BCUT2D eigenvalue weighted by Gasteiger charge is 2.14. The van der Waals surface area contributed by atoms with E-state index in [2.05, 4.69) is 28.1 Å². The maximum Gasteiger partial charge on any atom is 0.119 e. The maximum absolute atomic E-state index is 5.57. The highest BCUT2D eigenvalue weighted by Crippen LogP contribution is 2.30. The quantitative estimate of drug-likeness (QED) is 0.830. The second kappa shape index (κ2) is 6.52. The monoisotopic (exact) mass is 296 g/mol. The molecule has 0 amide bonds. The van der Waals surface area contributed by atoms with Crippen molar-refractivity contribution in [2.75, 3.05) is 18.1 Å². The molecule has 0 saturated heterocycles. The lowest BCUT2D eigenvalue weighted by Gasteiger charge is -2.25. The molecule has 0 bridgehead atoms. The van der Waals surface area contributed by atoms with Gasteiger partial charge in [-0.3, -0.25) is 0 Å². The van der Waals surface area contributed by atoms with E-state index in [4.69, 9.17) is 9.47 Å². The first kappa shape index (κ1) is 14.4. The van der Waals surface area contributed by atoms with Crippen LogP contribution < -0.4 is 14.4 Å². The van der Waals surface area contributed by atoms with Gasteiger partial charge in [-0.25, -0.2) is 4.99 Å². The predicted molar refractivity (Wildman–Crippen MR) is 89.6 cm³/mol. The first-order valence-corrected chi connectivity index (χ1v) is 7.59. The van der Waals surface area contributed by atoms with E-state index < -0.39 is 0 Å². The molecule has 1 heterocycles. The first-order valence-electron chi connectivity index (χ1n) is 7.59. The largest absolute Gasteiger partial charge is 0.494 e. The minimum absolute atomic E-state index is 0.671. The fourth-order valence-corrected chi connectivity index (χ4v) is 2.49. The van der Waals surface area contributed by atoms with Gasteiger partial charge in [-0.05, 0) is 56.3 Å². The molecular weight excluding hydrogens is 276 g/mol. The molecule has 2 aromatic rings. The van der Waals surface area contributed by atoms with Crippen molar-refractivity contribution < 1.29 is 9.47 Å². The van der Waals surface area contributed by atoms with Gasteiger partial charge in [0.25, 0.3) is 0 Å². The van der Waals surface area contributed by atoms with Crippen LogP contribution in [0.15, 0.2) is 47.5 Å². The summed E-state index contributed by atoms with van der Waals surface area (Å²) >= 11 is 0. The minimum Gasteiger partial charge on any atom is -0.494 e. The van der Waals surface area contributed by atoms with E-state index in [1.54, 1.807) is 0 Å². The van der Waals surface area contributed by atoms with Crippen molar-refractivity contribution in [1.29, 1.82) is 0 Å². The molecule has 1 aliphatic rings. The van der Waals surface area contributed by atoms with Crippen LogP contribution in [0, 0.1) is 0 Å². The van der Waals surface area contributed by atoms with E-state index in [0.717, 1.165) is 29.4 Å². The highest BCUT2D eigenvalue weighted by atomic mass is 16.5. The number of benzene rings is 2. The molecule has 114 valence electrons. The van der Waals surface area contributed by atoms with Crippen molar-refractivity contribution in [3.8, 4) is 11.5 Å². The van der Waals surface area contributed by atoms with Crippen molar-refractivity contribution in [3.63, 3.8) is 0 Å². The molecule has 0 aromatic heterocycles. The third-order valence-corrected chi connectivity index (χ3v) is 3.52. The number of fused-ring (bicyclic) bond motifs is 1. The van der Waals surface area contributed by atoms with Crippen LogP contribution in [0.25, 0.3) is 0 Å². The lowest BCUT2D eigenvalue weighted by Crippen LogP contribution is -2.23. The molecule has 0 unspecified atom stereocenters. The summed E-state index contributed by atoms with van der Waals surface area (Å²) in [5.74, 6) is 1.78. The summed E-state index contributed by atoms with van der Waals surface area (Å²) in [6, 6.07) is 14.1. The molecule has 4 heteroatoms. The number of nitrogens with zero attached hydrogens (tertiary/aromatic N) is 2. The van der Waals surface area contributed by atoms with Gasteiger partial charge in [0.2, 0.25) is 0 Å². The van der Waals surface area contributed by atoms with E-state index in [0.29, 0.717) is 13.2 Å². The van der Waals surface area contributed by atoms with Crippen LogP contribution in [-0.4, -0.2) is 19.6 Å². The molecule has 1 aliphatic heterocycles. The zero-order valence-corrected chi connectivity index (χ0v) is 13.0. The van der Waals surface area contributed by atoms with E-state index in [-0.39, 0.29) is 0 Å². The van der Waals surface area contributed by atoms with Gasteiger partial charge in [0, 0.05) is 11.3 Å². The van der Waals surface area contributed by atoms with Gasteiger partial charge in [-0.15, -0.1) is 0 Å². The topological polar surface area (TPSA) is 34.1 Å². The molecule has 0 radical (unpaired) electrons. The Morgan fingerprint density at radius 2 is 1.64 bits per heavy atom. The van der Waals surface area contributed by atoms with E-state index in [1.807, 2.05) is 44.5 Å². The fraction of sp³-hybridized carbons (Fsp3) is 0.278. The van der Waals surface area contributed by atoms with Crippen LogP contribution in [0.3, 0.4) is 0 Å². The van der Waals surface area contributed by atoms with Crippen LogP contribution >= 0.6 is 0 Å². The number of hydrogen-bond acceptors (Lipinski definition) is 4. The summed E-state index contributed by atoms with van der Waals surface area (Å²) in [4.78, 5) is 6.64. The summed E-state index contributed by atoms with van der Waals surface area (Å²) in [5.41, 5.74) is 3.27. The van der Waals surface area contributed by atoms with Crippen LogP contribution in [0.2, 0.25) is 0 Å². The zero-order valence-electron chi connectivity index (χ0n) is 13.0. The van der Waals surface area contributed by atoms with Gasteiger partial charge < -0.3 is 14.4 Å². The Bertz CT molecular complexity index is 665. The summed E-state index contributed by atoms with van der Waals surface area (Å²) in [6.45, 7) is 6.11. The molecule has 4 nitrogen and oxygen atoms in total. The summed E-state index contributed by atoms with van der Waals surface area (Å²) in [7, 11) is 0. The normalized spacial score (nSPS) is 12.9. The number of anilines is 1. The SMILES string of the molecule is CCOc1ccc(N2C=Nc3ccc(OCC)cc3C2)cc1. The van der Waals surface area contributed by atoms with Crippen molar-refractivity contribution in [2.45, 2.75) is 20.4 Å². The van der Waals surface area contributed by atoms with E-state index in [1.165, 1.54) is 5.56 Å². The van der Waals surface area contributed by atoms with Crippen LogP contribution in [0.5, 0.6) is 11.5 Å². The Morgan fingerprint density at radius 1 is 0.955 bits per heavy atom. The molecule has 0 saturated carbocycles. The van der Waals surface area contributed by atoms with Gasteiger partial charge in [0.1, 0.15) is 11.5 Å². The van der Waals surface area contributed by atoms with Crippen LogP contribution in [-0.2, 0) is 6.54 Å². The van der Waals surface area contributed by atoms with Crippen molar-refractivity contribution in [2.24, 2.45) is 4.99 Å². The highest BCUT2D eigenvalue weighted by molar-refractivity contribution is 5.84. The van der Waals surface area contributed by atoms with E-state index >= 15 is 0 Å². The fourth-order valence-electron chi connectivity index (χ4n) is 2.49. The van der Waals surface area contributed by atoms with E-state index in [9.17, 15) is 0 Å². The third-order valence-electron chi connectivity index (χ3n) is 3.52. The molecule has 2 aromatic carbocycles. The number of hydrogen-bond donors (Lipinski definition) is 0. The smallest absolute Gasteiger partial charge is 0.119 e. The van der Waals surface area contributed by atoms with Gasteiger partial charge in [0.15, 0.2) is 0 Å². The minimum atomic E-state index is 0.671. The maximum atomic E-state index is 5.57. The Kier molecular flexibility index (Phi) is 4.28. The average Bonchev–Trinajstić information content (AvgIpc) is 2.55. The van der Waals surface area contributed by atoms with Crippen molar-refractivity contribution in [1.82, 2.24) is 0 Å². The summed E-state index contributed by atoms with van der Waals surface area (Å²) in [6.07, 6.45) is 1.87. The molecule has 0 spiro atoms. The summed E-state index contributed by atoms with van der Waals surface area (Å²) in [5, 5.41) is 0. The number of aliphatic imine (C=N–C) groups is 1. The number of ether oxygens (including phenoxy) is 2. The molecule has 0 fully saturated rings. The molecule has 3 rings (SSSR count). The third kappa shape index (κ3) is 3.06. The van der Waals surface area contributed by atoms with Gasteiger partial charge in [-0.1, -0.05) is 0 Å². The summed E-state index contributed by atoms with van der Waals surface area (Å²) < 4.78 is 11.0. The lowest BCUT2D eigenvalue weighted by atomic mass is 10.1. The molecular formula is C18H20N2O2.